The fourth-order valence-corrected chi connectivity index (χ4v) is 0.920. The van der Waals surface area contributed by atoms with Gasteiger partial charge in [0.15, 0.2) is 0 Å². The summed E-state index contributed by atoms with van der Waals surface area (Å²) in [5.41, 5.74) is 0. The largest absolute Gasteiger partial charge is 0.511 e. The Kier molecular flexibility index (Phi) is 1.73. The molecule has 1 saturated heterocycles. The molecular weight excluding hydrogens is 118 g/mol. The molecule has 0 unspecified atom stereocenters. The van der Waals surface area contributed by atoms with Crippen LogP contribution < -0.4 is 5.32 Å². The molecular formula is C6H11NO2. The maximum Gasteiger partial charge on any atom is 0.105 e. The van der Waals surface area contributed by atoms with E-state index in [0.717, 1.165) is 0 Å². The van der Waals surface area contributed by atoms with Gasteiger partial charge >= 0.3 is 0 Å². The molecule has 3 heteroatoms. The minimum absolute atomic E-state index is 0.0440. The van der Waals surface area contributed by atoms with Gasteiger partial charge in [-0.05, 0) is 6.92 Å². The Hall–Kier alpha value is -0.540. The lowest BCUT2D eigenvalue weighted by Gasteiger charge is -2.10. The molecule has 0 amide bonds. The van der Waals surface area contributed by atoms with Crippen LogP contribution in [0, 0.1) is 0 Å². The Labute approximate surface area is 54.3 Å². The minimum atomic E-state index is -0.0787. The van der Waals surface area contributed by atoms with Crippen LogP contribution >= 0.6 is 0 Å². The number of ether oxygens (including phenoxy) is 1. The van der Waals surface area contributed by atoms with Gasteiger partial charge in [0.25, 0.3) is 0 Å². The van der Waals surface area contributed by atoms with Gasteiger partial charge in [0.1, 0.15) is 5.76 Å². The van der Waals surface area contributed by atoms with Crippen molar-refractivity contribution in [2.24, 2.45) is 0 Å². The Balaban J connectivity index is 2.49. The molecule has 0 bridgehead atoms. The third-order valence-electron chi connectivity index (χ3n) is 1.48. The van der Waals surface area contributed by atoms with Crippen LogP contribution in [0.4, 0.5) is 0 Å². The molecule has 0 aliphatic carbocycles. The predicted octanol–water partition coefficient (Wildman–Crippen LogP) is 0.392. The van der Waals surface area contributed by atoms with Crippen molar-refractivity contribution in [2.75, 3.05) is 6.73 Å². The Morgan fingerprint density at radius 1 is 1.89 bits per heavy atom. The molecule has 1 aliphatic rings. The molecule has 0 radical (unpaired) electrons. The SMILES string of the molecule is C=C(O)[C@H]1NCO[C@@H]1C. The van der Waals surface area contributed by atoms with E-state index >= 15 is 0 Å². The first-order valence-electron chi connectivity index (χ1n) is 2.94. The van der Waals surface area contributed by atoms with Crippen molar-refractivity contribution in [3.8, 4) is 0 Å². The van der Waals surface area contributed by atoms with Crippen LogP contribution in [0.25, 0.3) is 0 Å². The van der Waals surface area contributed by atoms with E-state index in [9.17, 15) is 0 Å². The zero-order chi connectivity index (χ0) is 6.85. The summed E-state index contributed by atoms with van der Waals surface area (Å²) in [6.45, 7) is 5.80. The molecule has 1 aliphatic heterocycles. The second kappa shape index (κ2) is 2.37. The fourth-order valence-electron chi connectivity index (χ4n) is 0.920. The molecule has 1 rings (SSSR count). The lowest BCUT2D eigenvalue weighted by molar-refractivity contribution is 0.115. The van der Waals surface area contributed by atoms with E-state index < -0.39 is 0 Å². The highest BCUT2D eigenvalue weighted by Crippen LogP contribution is 2.09. The molecule has 3 nitrogen and oxygen atoms in total. The number of rotatable bonds is 1. The first-order chi connectivity index (χ1) is 4.22. The lowest BCUT2D eigenvalue weighted by atomic mass is 10.2. The van der Waals surface area contributed by atoms with Gasteiger partial charge in [-0.25, -0.2) is 0 Å². The maximum atomic E-state index is 8.89. The molecule has 0 saturated carbocycles. The summed E-state index contributed by atoms with van der Waals surface area (Å²) in [7, 11) is 0. The van der Waals surface area contributed by atoms with Gasteiger partial charge < -0.3 is 9.84 Å². The molecule has 9 heavy (non-hydrogen) atoms. The quantitative estimate of drug-likeness (QED) is 0.503. The predicted molar refractivity (Wildman–Crippen MR) is 34.1 cm³/mol. The van der Waals surface area contributed by atoms with Gasteiger partial charge in [0.05, 0.1) is 18.9 Å². The topological polar surface area (TPSA) is 41.5 Å². The van der Waals surface area contributed by atoms with Crippen molar-refractivity contribution in [1.29, 1.82) is 0 Å². The van der Waals surface area contributed by atoms with Gasteiger partial charge in [0.2, 0.25) is 0 Å². The summed E-state index contributed by atoms with van der Waals surface area (Å²) < 4.78 is 5.09. The molecule has 0 aromatic rings. The van der Waals surface area contributed by atoms with Crippen molar-refractivity contribution >= 4 is 0 Å². The Bertz CT molecular complexity index is 124. The number of aliphatic hydroxyl groups is 1. The van der Waals surface area contributed by atoms with Crippen LogP contribution in [-0.2, 0) is 4.74 Å². The lowest BCUT2D eigenvalue weighted by Crippen LogP contribution is -2.30. The van der Waals surface area contributed by atoms with Gasteiger partial charge in [-0.2, -0.15) is 0 Å². The smallest absolute Gasteiger partial charge is 0.105 e. The third-order valence-corrected chi connectivity index (χ3v) is 1.48. The van der Waals surface area contributed by atoms with Gasteiger partial charge in [-0.15, -0.1) is 0 Å². The van der Waals surface area contributed by atoms with Crippen LogP contribution in [0.15, 0.2) is 12.3 Å². The molecule has 52 valence electrons. The maximum absolute atomic E-state index is 8.89. The second-order valence-corrected chi connectivity index (χ2v) is 2.19. The first-order valence-corrected chi connectivity index (χ1v) is 2.94. The summed E-state index contributed by atoms with van der Waals surface area (Å²) in [6, 6.07) is -0.0787. The molecule has 0 spiro atoms. The highest BCUT2D eigenvalue weighted by atomic mass is 16.5. The van der Waals surface area contributed by atoms with Gasteiger partial charge in [-0.3, -0.25) is 5.32 Å². The molecule has 2 N–H and O–H groups in total. The standard InChI is InChI=1S/C6H11NO2/c1-4(8)6-5(2)9-3-7-6/h5-8H,1,3H2,2H3/t5-,6-/m1/s1. The highest BCUT2D eigenvalue weighted by molar-refractivity contribution is 4.99. The van der Waals surface area contributed by atoms with Gasteiger partial charge in [0, 0.05) is 0 Å². The summed E-state index contributed by atoms with van der Waals surface area (Å²) in [5.74, 6) is 0.153. The van der Waals surface area contributed by atoms with Crippen molar-refractivity contribution in [1.82, 2.24) is 5.32 Å². The van der Waals surface area contributed by atoms with E-state index in [2.05, 4.69) is 11.9 Å². The average Bonchev–Trinajstić information content (AvgIpc) is 2.13. The van der Waals surface area contributed by atoms with Crippen LogP contribution in [0.3, 0.4) is 0 Å². The van der Waals surface area contributed by atoms with Crippen molar-refractivity contribution in [3.05, 3.63) is 12.3 Å². The number of aliphatic hydroxyl groups excluding tert-OH is 1. The molecule has 2 atom stereocenters. The van der Waals surface area contributed by atoms with Crippen molar-refractivity contribution in [3.63, 3.8) is 0 Å². The zero-order valence-electron chi connectivity index (χ0n) is 5.42. The van der Waals surface area contributed by atoms with Crippen LogP contribution in [0.2, 0.25) is 0 Å². The van der Waals surface area contributed by atoms with Crippen LogP contribution in [0.1, 0.15) is 6.92 Å². The fraction of sp³-hybridized carbons (Fsp3) is 0.667. The normalized spacial score (nSPS) is 34.8. The molecule has 0 aromatic heterocycles. The second-order valence-electron chi connectivity index (χ2n) is 2.19. The highest BCUT2D eigenvalue weighted by Gasteiger charge is 2.25. The summed E-state index contributed by atoms with van der Waals surface area (Å²) in [6.07, 6.45) is 0.0440. The van der Waals surface area contributed by atoms with E-state index in [0.29, 0.717) is 6.73 Å². The average molecular weight is 129 g/mol. The van der Waals surface area contributed by atoms with E-state index in [1.165, 1.54) is 0 Å². The van der Waals surface area contributed by atoms with Crippen LogP contribution in [0.5, 0.6) is 0 Å². The third kappa shape index (κ3) is 1.23. The Morgan fingerprint density at radius 3 is 2.78 bits per heavy atom. The number of nitrogens with one attached hydrogen (secondary N) is 1. The van der Waals surface area contributed by atoms with Crippen molar-refractivity contribution in [2.45, 2.75) is 19.1 Å². The molecule has 0 aromatic carbocycles. The Morgan fingerprint density at radius 2 is 2.56 bits per heavy atom. The minimum Gasteiger partial charge on any atom is -0.511 e. The summed E-state index contributed by atoms with van der Waals surface area (Å²) >= 11 is 0. The zero-order valence-corrected chi connectivity index (χ0v) is 5.42. The van der Waals surface area contributed by atoms with E-state index in [1.807, 2.05) is 6.92 Å². The number of hydrogen-bond acceptors (Lipinski definition) is 3. The van der Waals surface area contributed by atoms with Gasteiger partial charge in [-0.1, -0.05) is 6.58 Å². The summed E-state index contributed by atoms with van der Waals surface area (Å²) in [5, 5.41) is 11.8. The monoisotopic (exact) mass is 129 g/mol. The van der Waals surface area contributed by atoms with E-state index in [1.54, 1.807) is 0 Å². The number of hydrogen-bond donors (Lipinski definition) is 2. The van der Waals surface area contributed by atoms with E-state index in [-0.39, 0.29) is 17.9 Å². The van der Waals surface area contributed by atoms with Crippen LogP contribution in [-0.4, -0.2) is 24.0 Å². The summed E-state index contributed by atoms with van der Waals surface area (Å²) in [4.78, 5) is 0. The first kappa shape index (κ1) is 6.58. The molecule has 1 heterocycles. The van der Waals surface area contributed by atoms with Crippen molar-refractivity contribution < 1.29 is 9.84 Å². The van der Waals surface area contributed by atoms with E-state index in [4.69, 9.17) is 9.84 Å². The molecule has 1 fully saturated rings.